The third kappa shape index (κ3) is 1.91. The number of rotatable bonds is 2. The van der Waals surface area contributed by atoms with Crippen LogP contribution >= 0.6 is 0 Å². The van der Waals surface area contributed by atoms with Crippen LogP contribution in [0.2, 0.25) is 0 Å². The number of hydrogen-bond acceptors (Lipinski definition) is 3. The molecule has 0 saturated carbocycles. The molecule has 0 N–H and O–H groups in total. The van der Waals surface area contributed by atoms with Crippen molar-refractivity contribution in [3.63, 3.8) is 0 Å². The number of benzene rings is 1. The van der Waals surface area contributed by atoms with Gasteiger partial charge in [0.2, 0.25) is 0 Å². The van der Waals surface area contributed by atoms with E-state index >= 15 is 0 Å². The normalized spacial score (nSPS) is 25.0. The second-order valence-electron chi connectivity index (χ2n) is 3.74. The van der Waals surface area contributed by atoms with Gasteiger partial charge in [0.25, 0.3) is 0 Å². The molecule has 3 heteroatoms. The van der Waals surface area contributed by atoms with E-state index < -0.39 is 11.9 Å². The molecule has 0 aromatic heterocycles. The molecule has 0 bridgehead atoms. The number of ether oxygens (including phenoxy) is 1. The summed E-state index contributed by atoms with van der Waals surface area (Å²) < 4.78 is 5.16. The predicted octanol–water partition coefficient (Wildman–Crippen LogP) is 1.88. The summed E-state index contributed by atoms with van der Waals surface area (Å²) in [7, 11) is 0. The molecule has 2 atom stereocenters. The Morgan fingerprint density at radius 2 is 2.00 bits per heavy atom. The van der Waals surface area contributed by atoms with Crippen molar-refractivity contribution in [2.24, 2.45) is 5.92 Å². The number of Topliss-reactive ketones (excluding diaryl/α,β-unsaturated/α-hetero) is 1. The Bertz CT molecular complexity index is 383. The molecule has 1 aliphatic heterocycles. The van der Waals surface area contributed by atoms with Gasteiger partial charge in [-0.3, -0.25) is 9.59 Å². The van der Waals surface area contributed by atoms with Gasteiger partial charge in [0, 0.05) is 6.42 Å². The molecule has 1 saturated heterocycles. The highest BCUT2D eigenvalue weighted by Crippen LogP contribution is 2.33. The fourth-order valence-corrected chi connectivity index (χ4v) is 1.78. The number of cyclic esters (lactones) is 1. The van der Waals surface area contributed by atoms with E-state index in [0.29, 0.717) is 6.42 Å². The summed E-state index contributed by atoms with van der Waals surface area (Å²) >= 11 is 0. The minimum absolute atomic E-state index is 0.113. The summed E-state index contributed by atoms with van der Waals surface area (Å²) in [6.07, 6.45) is 0.214. The number of carbonyl (C=O) groups is 2. The van der Waals surface area contributed by atoms with Gasteiger partial charge in [-0.15, -0.1) is 0 Å². The van der Waals surface area contributed by atoms with E-state index in [9.17, 15) is 9.59 Å². The molecule has 1 aliphatic rings. The highest BCUT2D eigenvalue weighted by Gasteiger charge is 2.37. The first kappa shape index (κ1) is 9.90. The largest absolute Gasteiger partial charge is 0.457 e. The Balaban J connectivity index is 2.16. The SMILES string of the molecule is CC(=O)[C@@H]1C[C@@H](c2ccccc2)OC1=O. The zero-order chi connectivity index (χ0) is 10.8. The van der Waals surface area contributed by atoms with E-state index in [0.717, 1.165) is 5.56 Å². The zero-order valence-corrected chi connectivity index (χ0v) is 8.47. The van der Waals surface area contributed by atoms with Crippen molar-refractivity contribution in [1.29, 1.82) is 0 Å². The molecule has 1 aromatic rings. The first-order chi connectivity index (χ1) is 7.18. The van der Waals surface area contributed by atoms with Crippen molar-refractivity contribution in [2.75, 3.05) is 0 Å². The second-order valence-corrected chi connectivity index (χ2v) is 3.74. The van der Waals surface area contributed by atoms with E-state index in [2.05, 4.69) is 0 Å². The smallest absolute Gasteiger partial charge is 0.317 e. The van der Waals surface area contributed by atoms with Crippen LogP contribution in [0.4, 0.5) is 0 Å². The maximum Gasteiger partial charge on any atom is 0.317 e. The van der Waals surface area contributed by atoms with Crippen LogP contribution < -0.4 is 0 Å². The fourth-order valence-electron chi connectivity index (χ4n) is 1.78. The third-order valence-corrected chi connectivity index (χ3v) is 2.65. The maximum absolute atomic E-state index is 11.4. The summed E-state index contributed by atoms with van der Waals surface area (Å²) in [5.74, 6) is -1.08. The highest BCUT2D eigenvalue weighted by atomic mass is 16.6. The van der Waals surface area contributed by atoms with Crippen molar-refractivity contribution in [3.05, 3.63) is 35.9 Å². The Morgan fingerprint density at radius 1 is 1.33 bits per heavy atom. The van der Waals surface area contributed by atoms with Crippen molar-refractivity contribution in [3.8, 4) is 0 Å². The van der Waals surface area contributed by atoms with Gasteiger partial charge in [-0.25, -0.2) is 0 Å². The number of carbonyl (C=O) groups excluding carboxylic acids is 2. The lowest BCUT2D eigenvalue weighted by Gasteiger charge is -2.07. The molecule has 3 nitrogen and oxygen atoms in total. The quantitative estimate of drug-likeness (QED) is 0.545. The van der Waals surface area contributed by atoms with E-state index in [1.165, 1.54) is 6.92 Å². The van der Waals surface area contributed by atoms with Gasteiger partial charge in [-0.2, -0.15) is 0 Å². The molecule has 0 unspecified atom stereocenters. The average Bonchev–Trinajstić information content (AvgIpc) is 2.62. The summed E-state index contributed by atoms with van der Waals surface area (Å²) in [4.78, 5) is 22.5. The summed E-state index contributed by atoms with van der Waals surface area (Å²) in [6, 6.07) is 9.50. The molecule has 15 heavy (non-hydrogen) atoms. The van der Waals surface area contributed by atoms with Crippen LogP contribution in [0, 0.1) is 5.92 Å². The topological polar surface area (TPSA) is 43.4 Å². The molecular weight excluding hydrogens is 192 g/mol. The molecule has 78 valence electrons. The van der Waals surface area contributed by atoms with Crippen LogP contribution in [-0.2, 0) is 14.3 Å². The lowest BCUT2D eigenvalue weighted by molar-refractivity contribution is -0.146. The van der Waals surface area contributed by atoms with Crippen LogP contribution in [0.25, 0.3) is 0 Å². The first-order valence-electron chi connectivity index (χ1n) is 4.94. The van der Waals surface area contributed by atoms with E-state index in [4.69, 9.17) is 4.74 Å². The van der Waals surface area contributed by atoms with Gasteiger partial charge in [0.1, 0.15) is 17.8 Å². The van der Waals surface area contributed by atoms with Gasteiger partial charge < -0.3 is 4.74 Å². The molecule has 2 rings (SSSR count). The van der Waals surface area contributed by atoms with Crippen LogP contribution in [0.1, 0.15) is 25.0 Å². The van der Waals surface area contributed by atoms with Crippen LogP contribution in [0.3, 0.4) is 0 Å². The van der Waals surface area contributed by atoms with Gasteiger partial charge in [-0.1, -0.05) is 30.3 Å². The lowest BCUT2D eigenvalue weighted by atomic mass is 9.97. The summed E-state index contributed by atoms with van der Waals surface area (Å²) in [5, 5.41) is 0. The Morgan fingerprint density at radius 3 is 2.53 bits per heavy atom. The monoisotopic (exact) mass is 204 g/mol. The number of esters is 1. The summed E-state index contributed by atoms with van der Waals surface area (Å²) in [6.45, 7) is 1.43. The molecule has 0 amide bonds. The standard InChI is InChI=1S/C12H12O3/c1-8(13)10-7-11(15-12(10)14)9-5-3-2-4-6-9/h2-6,10-11H,7H2,1H3/t10-,11-/m0/s1. The minimum atomic E-state index is -0.574. The molecule has 0 spiro atoms. The third-order valence-electron chi connectivity index (χ3n) is 2.65. The average molecular weight is 204 g/mol. The zero-order valence-electron chi connectivity index (χ0n) is 8.47. The van der Waals surface area contributed by atoms with Crippen LogP contribution in [-0.4, -0.2) is 11.8 Å². The van der Waals surface area contributed by atoms with Gasteiger partial charge in [0.15, 0.2) is 0 Å². The van der Waals surface area contributed by atoms with Crippen LogP contribution in [0.15, 0.2) is 30.3 Å². The molecule has 0 aliphatic carbocycles. The number of hydrogen-bond donors (Lipinski definition) is 0. The molecule has 1 heterocycles. The second kappa shape index (κ2) is 3.85. The lowest BCUT2D eigenvalue weighted by Crippen LogP contribution is -2.15. The summed E-state index contributed by atoms with van der Waals surface area (Å²) in [5.41, 5.74) is 0.953. The molecule has 1 fully saturated rings. The van der Waals surface area contributed by atoms with E-state index in [1.54, 1.807) is 0 Å². The predicted molar refractivity (Wildman–Crippen MR) is 54.1 cm³/mol. The van der Waals surface area contributed by atoms with Crippen molar-refractivity contribution in [1.82, 2.24) is 0 Å². The van der Waals surface area contributed by atoms with Crippen LogP contribution in [0.5, 0.6) is 0 Å². The Kier molecular flexibility index (Phi) is 2.54. The minimum Gasteiger partial charge on any atom is -0.457 e. The molecule has 1 aromatic carbocycles. The van der Waals surface area contributed by atoms with E-state index in [-0.39, 0.29) is 11.9 Å². The van der Waals surface area contributed by atoms with Gasteiger partial charge in [0.05, 0.1) is 0 Å². The fraction of sp³-hybridized carbons (Fsp3) is 0.333. The van der Waals surface area contributed by atoms with Gasteiger partial charge >= 0.3 is 5.97 Å². The first-order valence-corrected chi connectivity index (χ1v) is 4.94. The highest BCUT2D eigenvalue weighted by molar-refractivity contribution is 5.98. The van der Waals surface area contributed by atoms with Gasteiger partial charge in [-0.05, 0) is 12.5 Å². The number of ketones is 1. The molecule has 0 radical (unpaired) electrons. The Labute approximate surface area is 88.1 Å². The molecular formula is C12H12O3. The Hall–Kier alpha value is -1.64. The van der Waals surface area contributed by atoms with Crippen molar-refractivity contribution in [2.45, 2.75) is 19.4 Å². The maximum atomic E-state index is 11.4. The van der Waals surface area contributed by atoms with Crippen molar-refractivity contribution >= 4 is 11.8 Å². The van der Waals surface area contributed by atoms with Crippen molar-refractivity contribution < 1.29 is 14.3 Å². The van der Waals surface area contributed by atoms with E-state index in [1.807, 2.05) is 30.3 Å².